The Morgan fingerprint density at radius 2 is 1.63 bits per heavy atom. The smallest absolute Gasteiger partial charge is 0.289 e. The van der Waals surface area contributed by atoms with Gasteiger partial charge in [0.2, 0.25) is 5.28 Å². The summed E-state index contributed by atoms with van der Waals surface area (Å²) in [5.74, 6) is 0.261. The highest BCUT2D eigenvalue weighted by atomic mass is 35.5. The predicted molar refractivity (Wildman–Crippen MR) is 105 cm³/mol. The number of rotatable bonds is 4. The van der Waals surface area contributed by atoms with Crippen molar-refractivity contribution in [3.05, 3.63) is 69.1 Å². The van der Waals surface area contributed by atoms with E-state index in [4.69, 9.17) is 27.9 Å². The van der Waals surface area contributed by atoms with Crippen molar-refractivity contribution in [3.8, 4) is 16.9 Å². The van der Waals surface area contributed by atoms with Crippen LogP contribution < -0.4 is 10.3 Å². The molecule has 0 saturated carbocycles. The third kappa shape index (κ3) is 4.46. The van der Waals surface area contributed by atoms with E-state index in [-0.39, 0.29) is 28.2 Å². The van der Waals surface area contributed by atoms with Gasteiger partial charge in [-0.25, -0.2) is 14.6 Å². The Morgan fingerprint density at radius 3 is 2.22 bits per heavy atom. The van der Waals surface area contributed by atoms with E-state index in [0.29, 0.717) is 0 Å². The molecule has 0 fully saturated rings. The van der Waals surface area contributed by atoms with Crippen LogP contribution in [0.5, 0.6) is 5.75 Å². The summed E-state index contributed by atoms with van der Waals surface area (Å²) in [6.45, 7) is 5.90. The summed E-state index contributed by atoms with van der Waals surface area (Å²) in [7, 11) is 0. The van der Waals surface area contributed by atoms with Crippen molar-refractivity contribution in [2.75, 3.05) is 0 Å². The van der Waals surface area contributed by atoms with Crippen LogP contribution in [0, 0.1) is 0 Å². The lowest BCUT2D eigenvalue weighted by Gasteiger charge is -2.21. The lowest BCUT2D eigenvalue weighted by Crippen LogP contribution is -2.36. The molecule has 6 nitrogen and oxygen atoms in total. The fourth-order valence-corrected chi connectivity index (χ4v) is 2.69. The van der Waals surface area contributed by atoms with Gasteiger partial charge in [-0.1, -0.05) is 35.9 Å². The summed E-state index contributed by atoms with van der Waals surface area (Å²) in [6, 6.07) is 7.70. The Bertz CT molecular complexity index is 994. The monoisotopic (exact) mass is 404 g/mol. The fourth-order valence-electron chi connectivity index (χ4n) is 2.41. The first kappa shape index (κ1) is 19.3. The molecule has 0 aliphatic carbocycles. The molecule has 2 aromatic heterocycles. The molecule has 0 N–H and O–H groups in total. The second kappa shape index (κ2) is 7.66. The largest absolute Gasteiger partial charge is 0.485 e. The Morgan fingerprint density at radius 1 is 1.00 bits per heavy atom. The molecule has 0 spiro atoms. The average molecular weight is 405 g/mol. The second-order valence-corrected chi connectivity index (χ2v) is 7.65. The van der Waals surface area contributed by atoms with E-state index < -0.39 is 5.54 Å². The minimum atomic E-state index is -0.458. The van der Waals surface area contributed by atoms with E-state index in [1.807, 2.05) is 45.0 Å². The number of hydrogen-bond donors (Lipinski definition) is 0. The van der Waals surface area contributed by atoms with Gasteiger partial charge in [-0.3, -0.25) is 4.79 Å². The summed E-state index contributed by atoms with van der Waals surface area (Å²) in [6.07, 6.45) is 4.79. The van der Waals surface area contributed by atoms with Gasteiger partial charge in [0, 0.05) is 18.0 Å². The molecule has 2 heterocycles. The number of nitrogens with zero attached hydrogens (tertiary/aromatic N) is 4. The summed E-state index contributed by atoms with van der Waals surface area (Å²) >= 11 is 11.9. The van der Waals surface area contributed by atoms with Crippen molar-refractivity contribution in [2.45, 2.75) is 32.9 Å². The second-order valence-electron chi connectivity index (χ2n) is 6.94. The predicted octanol–water partition coefficient (Wildman–Crippen LogP) is 4.34. The van der Waals surface area contributed by atoms with Crippen LogP contribution in [0.3, 0.4) is 0 Å². The zero-order valence-corrected chi connectivity index (χ0v) is 16.6. The standard InChI is InChI=1S/C19H18Cl2N4O2/c1-19(2,3)25-17(26)16(20)15(10-24-25)27-11-12-4-6-13(7-5-12)14-8-22-18(21)23-9-14/h4-10H,11H2,1-3H3. The topological polar surface area (TPSA) is 69.9 Å². The molecule has 1 aromatic carbocycles. The number of hydrogen-bond acceptors (Lipinski definition) is 5. The van der Waals surface area contributed by atoms with Crippen molar-refractivity contribution in [1.82, 2.24) is 19.7 Å². The fraction of sp³-hybridized carbons (Fsp3) is 0.263. The van der Waals surface area contributed by atoms with Gasteiger partial charge in [0.15, 0.2) is 10.8 Å². The zero-order valence-electron chi connectivity index (χ0n) is 15.1. The highest BCUT2D eigenvalue weighted by Gasteiger charge is 2.20. The third-order valence-electron chi connectivity index (χ3n) is 3.82. The molecular weight excluding hydrogens is 387 g/mol. The maximum absolute atomic E-state index is 12.3. The van der Waals surface area contributed by atoms with E-state index in [0.717, 1.165) is 16.7 Å². The maximum atomic E-state index is 12.3. The van der Waals surface area contributed by atoms with Crippen molar-refractivity contribution < 1.29 is 4.74 Å². The number of halogens is 2. The van der Waals surface area contributed by atoms with E-state index in [2.05, 4.69) is 15.1 Å². The van der Waals surface area contributed by atoms with Crippen LogP contribution in [0.1, 0.15) is 26.3 Å². The third-order valence-corrected chi connectivity index (χ3v) is 4.37. The molecule has 0 atom stereocenters. The molecule has 0 aliphatic rings. The summed E-state index contributed by atoms with van der Waals surface area (Å²) in [4.78, 5) is 20.3. The molecule has 0 unspecified atom stereocenters. The molecule has 3 rings (SSSR count). The van der Waals surface area contributed by atoms with Gasteiger partial charge in [0.25, 0.3) is 5.56 Å². The number of ether oxygens (including phenoxy) is 1. The van der Waals surface area contributed by atoms with Gasteiger partial charge in [-0.15, -0.1) is 0 Å². The normalized spacial score (nSPS) is 11.4. The highest BCUT2D eigenvalue weighted by Crippen LogP contribution is 2.23. The van der Waals surface area contributed by atoms with Crippen molar-refractivity contribution >= 4 is 23.2 Å². The molecule has 0 amide bonds. The molecule has 140 valence electrons. The quantitative estimate of drug-likeness (QED) is 0.604. The zero-order chi connectivity index (χ0) is 19.6. The number of aromatic nitrogens is 4. The Hall–Kier alpha value is -2.44. The molecule has 0 aliphatic heterocycles. The van der Waals surface area contributed by atoms with Gasteiger partial charge in [-0.2, -0.15) is 5.10 Å². The van der Waals surface area contributed by atoms with Crippen LogP contribution in [-0.4, -0.2) is 19.7 Å². The summed E-state index contributed by atoms with van der Waals surface area (Å²) < 4.78 is 7.02. The van der Waals surface area contributed by atoms with Gasteiger partial charge < -0.3 is 4.74 Å². The maximum Gasteiger partial charge on any atom is 0.289 e. The Kier molecular flexibility index (Phi) is 5.48. The first-order valence-electron chi connectivity index (χ1n) is 8.23. The SMILES string of the molecule is CC(C)(C)n1ncc(OCc2ccc(-c3cnc(Cl)nc3)cc2)c(Cl)c1=O. The molecule has 0 radical (unpaired) electrons. The molecule has 3 aromatic rings. The van der Waals surface area contributed by atoms with Crippen LogP contribution in [-0.2, 0) is 12.1 Å². The number of benzene rings is 1. The van der Waals surface area contributed by atoms with Gasteiger partial charge in [-0.05, 0) is 43.5 Å². The van der Waals surface area contributed by atoms with Crippen molar-refractivity contribution in [2.24, 2.45) is 0 Å². The first-order valence-corrected chi connectivity index (χ1v) is 8.99. The first-order chi connectivity index (χ1) is 12.8. The summed E-state index contributed by atoms with van der Waals surface area (Å²) in [5, 5.41) is 4.39. The Labute approximate surface area is 166 Å². The van der Waals surface area contributed by atoms with E-state index in [1.54, 1.807) is 12.4 Å². The lowest BCUT2D eigenvalue weighted by molar-refractivity contribution is 0.292. The molecule has 8 heteroatoms. The minimum Gasteiger partial charge on any atom is -0.485 e. The molecular formula is C19H18Cl2N4O2. The molecule has 0 saturated heterocycles. The summed E-state index contributed by atoms with van der Waals surface area (Å²) in [5.41, 5.74) is 1.91. The van der Waals surface area contributed by atoms with Crippen LogP contribution in [0.2, 0.25) is 10.3 Å². The van der Waals surface area contributed by atoms with Gasteiger partial charge in [0.05, 0.1) is 11.7 Å². The van der Waals surface area contributed by atoms with Crippen molar-refractivity contribution in [3.63, 3.8) is 0 Å². The van der Waals surface area contributed by atoms with Crippen LogP contribution in [0.25, 0.3) is 11.1 Å². The highest BCUT2D eigenvalue weighted by molar-refractivity contribution is 6.31. The lowest BCUT2D eigenvalue weighted by atomic mass is 10.1. The van der Waals surface area contributed by atoms with Gasteiger partial charge >= 0.3 is 0 Å². The molecule has 0 bridgehead atoms. The van der Waals surface area contributed by atoms with E-state index in [9.17, 15) is 4.79 Å². The van der Waals surface area contributed by atoms with Gasteiger partial charge in [0.1, 0.15) is 6.61 Å². The van der Waals surface area contributed by atoms with Crippen LogP contribution >= 0.6 is 23.2 Å². The van der Waals surface area contributed by atoms with E-state index in [1.165, 1.54) is 10.9 Å². The average Bonchev–Trinajstić information content (AvgIpc) is 2.63. The van der Waals surface area contributed by atoms with Crippen LogP contribution in [0.15, 0.2) is 47.7 Å². The molecule has 27 heavy (non-hydrogen) atoms. The van der Waals surface area contributed by atoms with Crippen molar-refractivity contribution in [1.29, 1.82) is 0 Å². The Balaban J connectivity index is 1.73. The van der Waals surface area contributed by atoms with Crippen LogP contribution in [0.4, 0.5) is 0 Å². The minimum absolute atomic E-state index is 0.0230. The van der Waals surface area contributed by atoms with E-state index >= 15 is 0 Å².